The summed E-state index contributed by atoms with van der Waals surface area (Å²) in [5.74, 6) is -0.752. The molecule has 0 aliphatic carbocycles. The number of nitrogens with zero attached hydrogens (tertiary/aromatic N) is 3. The second-order valence-electron chi connectivity index (χ2n) is 4.20. The minimum absolute atomic E-state index is 0.0517. The number of hydrogen-bond acceptors (Lipinski definition) is 6. The highest BCUT2D eigenvalue weighted by Gasteiger charge is 2.05. The average molecular weight is 320 g/mol. The molecule has 1 aromatic carbocycles. The highest BCUT2D eigenvalue weighted by Crippen LogP contribution is 2.15. The quantitative estimate of drug-likeness (QED) is 0.627. The molecule has 0 unspecified atom stereocenters. The Morgan fingerprint density at radius 3 is 3.00 bits per heavy atom. The SMILES string of the molecule is Cc1n[nH]c(=S)n(N=Cc2ccccc2OCC(=O)O)c1=O. The third-order valence-electron chi connectivity index (χ3n) is 2.60. The van der Waals surface area contributed by atoms with Gasteiger partial charge < -0.3 is 9.84 Å². The third kappa shape index (κ3) is 3.64. The standard InChI is InChI=1S/C13H12N4O4S/c1-8-12(20)17(13(22)16-15-8)14-6-9-4-2-3-5-10(9)21-7-11(18)19/h2-6H,7H2,1H3,(H,16,22)(H,18,19). The van der Waals surface area contributed by atoms with Crippen molar-refractivity contribution in [1.82, 2.24) is 14.9 Å². The molecule has 0 fully saturated rings. The summed E-state index contributed by atoms with van der Waals surface area (Å²) in [7, 11) is 0. The number of hydrogen-bond donors (Lipinski definition) is 2. The lowest BCUT2D eigenvalue weighted by molar-refractivity contribution is -0.139. The number of rotatable bonds is 5. The lowest BCUT2D eigenvalue weighted by atomic mass is 10.2. The Hall–Kier alpha value is -2.81. The van der Waals surface area contributed by atoms with Crippen molar-refractivity contribution in [2.45, 2.75) is 6.92 Å². The second kappa shape index (κ2) is 6.76. The van der Waals surface area contributed by atoms with E-state index in [0.29, 0.717) is 11.3 Å². The minimum Gasteiger partial charge on any atom is -0.481 e. The predicted octanol–water partition coefficient (Wildman–Crippen LogP) is 0.955. The first-order valence-corrected chi connectivity index (χ1v) is 6.56. The van der Waals surface area contributed by atoms with Crippen LogP contribution in [0.15, 0.2) is 34.2 Å². The lowest BCUT2D eigenvalue weighted by Crippen LogP contribution is -2.22. The first kappa shape index (κ1) is 15.6. The van der Waals surface area contributed by atoms with Crippen molar-refractivity contribution in [1.29, 1.82) is 0 Å². The van der Waals surface area contributed by atoms with Crippen LogP contribution in [-0.2, 0) is 4.79 Å². The molecule has 0 radical (unpaired) electrons. The van der Waals surface area contributed by atoms with E-state index in [1.165, 1.54) is 13.1 Å². The van der Waals surface area contributed by atoms with Crippen molar-refractivity contribution in [3.8, 4) is 5.75 Å². The summed E-state index contributed by atoms with van der Waals surface area (Å²) in [6.45, 7) is 1.06. The fourth-order valence-corrected chi connectivity index (χ4v) is 1.73. The van der Waals surface area contributed by atoms with Gasteiger partial charge in [0.15, 0.2) is 6.61 Å². The largest absolute Gasteiger partial charge is 0.481 e. The van der Waals surface area contributed by atoms with Gasteiger partial charge in [0.05, 0.1) is 6.21 Å². The van der Waals surface area contributed by atoms with Crippen molar-refractivity contribution in [3.05, 3.63) is 50.6 Å². The van der Waals surface area contributed by atoms with Gasteiger partial charge in [-0.1, -0.05) is 12.1 Å². The van der Waals surface area contributed by atoms with Gasteiger partial charge in [0.2, 0.25) is 4.77 Å². The van der Waals surface area contributed by atoms with Crippen molar-refractivity contribution >= 4 is 24.4 Å². The van der Waals surface area contributed by atoms with Crippen molar-refractivity contribution in [3.63, 3.8) is 0 Å². The number of ether oxygens (including phenoxy) is 1. The van der Waals surface area contributed by atoms with Crippen LogP contribution in [0.25, 0.3) is 0 Å². The Morgan fingerprint density at radius 2 is 2.27 bits per heavy atom. The van der Waals surface area contributed by atoms with Crippen LogP contribution in [0.4, 0.5) is 0 Å². The zero-order valence-electron chi connectivity index (χ0n) is 11.5. The minimum atomic E-state index is -1.09. The van der Waals surface area contributed by atoms with Gasteiger partial charge in [-0.05, 0) is 31.3 Å². The van der Waals surface area contributed by atoms with Crippen LogP contribution in [0.1, 0.15) is 11.3 Å². The molecule has 2 N–H and O–H groups in total. The van der Waals surface area contributed by atoms with Crippen LogP contribution in [0.2, 0.25) is 0 Å². The molecular formula is C13H12N4O4S. The summed E-state index contributed by atoms with van der Waals surface area (Å²) in [6.07, 6.45) is 1.36. The monoisotopic (exact) mass is 320 g/mol. The molecule has 1 aromatic heterocycles. The van der Waals surface area contributed by atoms with Gasteiger partial charge in [0.25, 0.3) is 5.56 Å². The molecule has 114 valence electrons. The number of aromatic nitrogens is 3. The predicted molar refractivity (Wildman–Crippen MR) is 81.0 cm³/mol. The maximum atomic E-state index is 11.9. The van der Waals surface area contributed by atoms with Gasteiger partial charge in [-0.15, -0.1) is 0 Å². The van der Waals surface area contributed by atoms with E-state index >= 15 is 0 Å². The van der Waals surface area contributed by atoms with Crippen LogP contribution in [0.3, 0.4) is 0 Å². The van der Waals surface area contributed by atoms with E-state index in [0.717, 1.165) is 4.68 Å². The van der Waals surface area contributed by atoms with Crippen LogP contribution in [0.5, 0.6) is 5.75 Å². The van der Waals surface area contributed by atoms with E-state index < -0.39 is 18.1 Å². The zero-order valence-corrected chi connectivity index (χ0v) is 12.3. The molecule has 1 heterocycles. The zero-order chi connectivity index (χ0) is 16.1. The summed E-state index contributed by atoms with van der Waals surface area (Å²) in [6, 6.07) is 6.71. The molecule has 0 saturated carbocycles. The molecule has 0 spiro atoms. The molecule has 0 amide bonds. The van der Waals surface area contributed by atoms with Crippen LogP contribution < -0.4 is 10.3 Å². The number of nitrogens with one attached hydrogen (secondary N) is 1. The molecule has 0 aliphatic rings. The van der Waals surface area contributed by atoms with E-state index in [1.807, 2.05) is 0 Å². The molecule has 2 rings (SSSR count). The van der Waals surface area contributed by atoms with Crippen molar-refractivity contribution in [2.24, 2.45) is 5.10 Å². The summed E-state index contributed by atoms with van der Waals surface area (Å²) in [5.41, 5.74) is 0.296. The van der Waals surface area contributed by atoms with E-state index in [9.17, 15) is 9.59 Å². The molecule has 2 aromatic rings. The number of carboxylic acids is 1. The van der Waals surface area contributed by atoms with E-state index in [2.05, 4.69) is 15.3 Å². The number of aliphatic carboxylic acids is 1. The first-order chi connectivity index (χ1) is 10.5. The number of carbonyl (C=O) groups is 1. The van der Waals surface area contributed by atoms with Crippen LogP contribution >= 0.6 is 12.2 Å². The Kier molecular flexibility index (Phi) is 4.79. The number of carboxylic acid groups (broad SMARTS) is 1. The topological polar surface area (TPSA) is 110 Å². The number of benzene rings is 1. The number of H-pyrrole nitrogens is 1. The van der Waals surface area contributed by atoms with Gasteiger partial charge in [-0.2, -0.15) is 14.9 Å². The maximum absolute atomic E-state index is 11.9. The smallest absolute Gasteiger partial charge is 0.341 e. The van der Waals surface area contributed by atoms with E-state index in [4.69, 9.17) is 22.1 Å². The normalized spacial score (nSPS) is 10.8. The number of aryl methyl sites for hydroxylation is 1. The highest BCUT2D eigenvalue weighted by molar-refractivity contribution is 7.71. The van der Waals surface area contributed by atoms with Crippen molar-refractivity contribution < 1.29 is 14.6 Å². The first-order valence-electron chi connectivity index (χ1n) is 6.15. The van der Waals surface area contributed by atoms with Gasteiger partial charge >= 0.3 is 5.97 Å². The fraction of sp³-hybridized carbons (Fsp3) is 0.154. The molecular weight excluding hydrogens is 308 g/mol. The third-order valence-corrected chi connectivity index (χ3v) is 2.86. The fourth-order valence-electron chi connectivity index (χ4n) is 1.56. The van der Waals surface area contributed by atoms with E-state index in [1.54, 1.807) is 24.3 Å². The van der Waals surface area contributed by atoms with Crippen molar-refractivity contribution in [2.75, 3.05) is 6.61 Å². The van der Waals surface area contributed by atoms with Crippen LogP contribution in [-0.4, -0.2) is 38.8 Å². The summed E-state index contributed by atoms with van der Waals surface area (Å²) in [5, 5.41) is 18.9. The summed E-state index contributed by atoms with van der Waals surface area (Å²) < 4.78 is 6.19. The average Bonchev–Trinajstić information content (AvgIpc) is 2.50. The highest BCUT2D eigenvalue weighted by atomic mass is 32.1. The molecule has 0 aliphatic heterocycles. The molecule has 0 saturated heterocycles. The summed E-state index contributed by atoms with van der Waals surface area (Å²) >= 11 is 4.96. The van der Waals surface area contributed by atoms with Gasteiger partial charge in [0, 0.05) is 5.56 Å². The van der Waals surface area contributed by atoms with Gasteiger partial charge in [-0.25, -0.2) is 4.79 Å². The molecule has 8 nitrogen and oxygen atoms in total. The second-order valence-corrected chi connectivity index (χ2v) is 4.58. The van der Waals surface area contributed by atoms with E-state index in [-0.39, 0.29) is 10.5 Å². The molecule has 0 bridgehead atoms. The Balaban J connectivity index is 2.35. The van der Waals surface area contributed by atoms with Gasteiger partial charge in [-0.3, -0.25) is 9.89 Å². The lowest BCUT2D eigenvalue weighted by Gasteiger charge is -2.06. The molecule has 22 heavy (non-hydrogen) atoms. The molecule has 9 heteroatoms. The summed E-state index contributed by atoms with van der Waals surface area (Å²) in [4.78, 5) is 22.5. The Morgan fingerprint density at radius 1 is 1.55 bits per heavy atom. The molecule has 0 atom stereocenters. The van der Waals surface area contributed by atoms with Crippen LogP contribution in [0, 0.1) is 11.7 Å². The number of para-hydroxylation sites is 1. The maximum Gasteiger partial charge on any atom is 0.341 e. The Labute approximate surface area is 129 Å². The number of aromatic amines is 1. The Bertz CT molecular complexity index is 840. The van der Waals surface area contributed by atoms with Gasteiger partial charge in [0.1, 0.15) is 11.4 Å².